The predicted molar refractivity (Wildman–Crippen MR) is 94.9 cm³/mol. The van der Waals surface area contributed by atoms with Crippen LogP contribution in [0.25, 0.3) is 11.3 Å². The van der Waals surface area contributed by atoms with Crippen molar-refractivity contribution in [3.05, 3.63) is 77.6 Å². The maximum atomic E-state index is 13.1. The summed E-state index contributed by atoms with van der Waals surface area (Å²) in [6.45, 7) is 2.28. The fourth-order valence-electron chi connectivity index (χ4n) is 2.75. The third kappa shape index (κ3) is 3.78. The van der Waals surface area contributed by atoms with Gasteiger partial charge in [0.1, 0.15) is 17.0 Å². The summed E-state index contributed by atoms with van der Waals surface area (Å²) < 4.78 is 5.29. The SMILES string of the molecule is Cc1onc(-c2ccccc2)c1C(=O)N(CCO)Cc1ccccc1. The molecule has 0 unspecified atom stereocenters. The van der Waals surface area contributed by atoms with E-state index < -0.39 is 0 Å². The van der Waals surface area contributed by atoms with E-state index in [0.29, 0.717) is 23.6 Å². The predicted octanol–water partition coefficient (Wildman–Crippen LogP) is 3.28. The van der Waals surface area contributed by atoms with Crippen LogP contribution >= 0.6 is 0 Å². The zero-order valence-electron chi connectivity index (χ0n) is 14.1. The van der Waals surface area contributed by atoms with Crippen LogP contribution < -0.4 is 0 Å². The largest absolute Gasteiger partial charge is 0.395 e. The molecule has 128 valence electrons. The molecule has 5 heteroatoms. The Balaban J connectivity index is 1.94. The number of rotatable bonds is 6. The monoisotopic (exact) mass is 336 g/mol. The van der Waals surface area contributed by atoms with Gasteiger partial charge in [0.25, 0.3) is 5.91 Å². The van der Waals surface area contributed by atoms with Crippen molar-refractivity contribution in [2.24, 2.45) is 0 Å². The van der Waals surface area contributed by atoms with Gasteiger partial charge in [0.05, 0.1) is 6.61 Å². The Morgan fingerprint density at radius 3 is 2.36 bits per heavy atom. The number of nitrogens with zero attached hydrogens (tertiary/aromatic N) is 2. The number of aliphatic hydroxyl groups is 1. The van der Waals surface area contributed by atoms with Crippen LogP contribution in [0.3, 0.4) is 0 Å². The summed E-state index contributed by atoms with van der Waals surface area (Å²) in [7, 11) is 0. The zero-order chi connectivity index (χ0) is 17.6. The highest BCUT2D eigenvalue weighted by molar-refractivity contribution is 6.00. The third-order valence-electron chi connectivity index (χ3n) is 4.00. The van der Waals surface area contributed by atoms with E-state index in [1.165, 1.54) is 0 Å². The average molecular weight is 336 g/mol. The molecule has 0 atom stereocenters. The minimum atomic E-state index is -0.199. The average Bonchev–Trinajstić information content (AvgIpc) is 3.04. The van der Waals surface area contributed by atoms with Gasteiger partial charge in [-0.25, -0.2) is 0 Å². The highest BCUT2D eigenvalue weighted by Gasteiger charge is 2.26. The van der Waals surface area contributed by atoms with Crippen molar-refractivity contribution in [3.8, 4) is 11.3 Å². The molecule has 0 fully saturated rings. The number of carbonyl (C=O) groups is 1. The van der Waals surface area contributed by atoms with Crippen LogP contribution in [0.1, 0.15) is 21.7 Å². The fourth-order valence-corrected chi connectivity index (χ4v) is 2.75. The second kappa shape index (κ2) is 7.77. The van der Waals surface area contributed by atoms with E-state index in [-0.39, 0.29) is 19.1 Å². The molecule has 3 aromatic rings. The summed E-state index contributed by atoms with van der Waals surface area (Å²) in [5.74, 6) is 0.273. The summed E-state index contributed by atoms with van der Waals surface area (Å²) in [4.78, 5) is 14.7. The lowest BCUT2D eigenvalue weighted by atomic mass is 10.0. The van der Waals surface area contributed by atoms with Gasteiger partial charge in [0.15, 0.2) is 0 Å². The number of benzene rings is 2. The van der Waals surface area contributed by atoms with Gasteiger partial charge >= 0.3 is 0 Å². The van der Waals surface area contributed by atoms with Crippen LogP contribution in [-0.2, 0) is 6.54 Å². The molecule has 0 aliphatic heterocycles. The van der Waals surface area contributed by atoms with Crippen LogP contribution in [0.2, 0.25) is 0 Å². The van der Waals surface area contributed by atoms with Gasteiger partial charge in [-0.15, -0.1) is 0 Å². The maximum absolute atomic E-state index is 13.1. The number of aliphatic hydroxyl groups excluding tert-OH is 1. The van der Waals surface area contributed by atoms with Crippen molar-refractivity contribution in [2.45, 2.75) is 13.5 Å². The Hall–Kier alpha value is -2.92. The molecule has 1 heterocycles. The van der Waals surface area contributed by atoms with Crippen LogP contribution in [0.4, 0.5) is 0 Å². The molecule has 0 saturated carbocycles. The van der Waals surface area contributed by atoms with Crippen LogP contribution in [0.5, 0.6) is 0 Å². The van der Waals surface area contributed by atoms with E-state index in [2.05, 4.69) is 5.16 Å². The lowest BCUT2D eigenvalue weighted by molar-refractivity contribution is 0.0706. The summed E-state index contributed by atoms with van der Waals surface area (Å²) in [6, 6.07) is 19.2. The first kappa shape index (κ1) is 16.9. The summed E-state index contributed by atoms with van der Waals surface area (Å²) in [5, 5.41) is 13.5. The molecule has 0 saturated heterocycles. The minimum Gasteiger partial charge on any atom is -0.395 e. The van der Waals surface area contributed by atoms with Crippen molar-refractivity contribution >= 4 is 5.91 Å². The van der Waals surface area contributed by atoms with Gasteiger partial charge in [-0.2, -0.15) is 0 Å². The zero-order valence-corrected chi connectivity index (χ0v) is 14.1. The van der Waals surface area contributed by atoms with Crippen LogP contribution in [-0.4, -0.2) is 34.2 Å². The Kier molecular flexibility index (Phi) is 5.26. The molecule has 5 nitrogen and oxygen atoms in total. The van der Waals surface area contributed by atoms with E-state index in [9.17, 15) is 9.90 Å². The van der Waals surface area contributed by atoms with E-state index in [1.807, 2.05) is 60.7 Å². The van der Waals surface area contributed by atoms with Crippen LogP contribution in [0, 0.1) is 6.92 Å². The topological polar surface area (TPSA) is 66.6 Å². The van der Waals surface area contributed by atoms with Crippen molar-refractivity contribution < 1.29 is 14.4 Å². The summed E-state index contributed by atoms with van der Waals surface area (Å²) in [6.07, 6.45) is 0. The number of aryl methyl sites for hydroxylation is 1. The molecule has 0 aliphatic carbocycles. The number of carbonyl (C=O) groups excluding carboxylic acids is 1. The van der Waals surface area contributed by atoms with Gasteiger partial charge < -0.3 is 14.5 Å². The van der Waals surface area contributed by atoms with E-state index in [4.69, 9.17) is 4.52 Å². The van der Waals surface area contributed by atoms with Gasteiger partial charge in [-0.1, -0.05) is 65.8 Å². The van der Waals surface area contributed by atoms with Crippen molar-refractivity contribution in [2.75, 3.05) is 13.2 Å². The van der Waals surface area contributed by atoms with E-state index in [0.717, 1.165) is 11.1 Å². The molecule has 1 N–H and O–H groups in total. The molecule has 1 aromatic heterocycles. The number of hydrogen-bond donors (Lipinski definition) is 1. The first-order valence-electron chi connectivity index (χ1n) is 8.16. The molecule has 0 bridgehead atoms. The molecule has 1 amide bonds. The highest BCUT2D eigenvalue weighted by atomic mass is 16.5. The lowest BCUT2D eigenvalue weighted by Crippen LogP contribution is -2.33. The van der Waals surface area contributed by atoms with Crippen molar-refractivity contribution in [3.63, 3.8) is 0 Å². The molecular weight excluding hydrogens is 316 g/mol. The lowest BCUT2D eigenvalue weighted by Gasteiger charge is -2.22. The van der Waals surface area contributed by atoms with Gasteiger partial charge in [0, 0.05) is 18.7 Å². The first-order valence-corrected chi connectivity index (χ1v) is 8.16. The second-order valence-electron chi connectivity index (χ2n) is 5.76. The summed E-state index contributed by atoms with van der Waals surface area (Å²) in [5.41, 5.74) is 2.79. The summed E-state index contributed by atoms with van der Waals surface area (Å²) >= 11 is 0. The van der Waals surface area contributed by atoms with Gasteiger partial charge in [0.2, 0.25) is 0 Å². The van der Waals surface area contributed by atoms with Crippen molar-refractivity contribution in [1.29, 1.82) is 0 Å². The number of amides is 1. The Bertz CT molecular complexity index is 829. The molecule has 0 radical (unpaired) electrons. The molecule has 0 spiro atoms. The molecule has 2 aromatic carbocycles. The Morgan fingerprint density at radius 1 is 1.08 bits per heavy atom. The normalized spacial score (nSPS) is 10.6. The third-order valence-corrected chi connectivity index (χ3v) is 4.00. The standard InChI is InChI=1S/C20H20N2O3/c1-15-18(19(21-25-15)17-10-6-3-7-11-17)20(24)22(12-13-23)14-16-8-4-2-5-9-16/h2-11,23H,12-14H2,1H3. The van der Waals surface area contributed by atoms with Crippen molar-refractivity contribution in [1.82, 2.24) is 10.1 Å². The van der Waals surface area contributed by atoms with Crippen LogP contribution in [0.15, 0.2) is 65.2 Å². The maximum Gasteiger partial charge on any atom is 0.260 e. The highest BCUT2D eigenvalue weighted by Crippen LogP contribution is 2.26. The molecule has 25 heavy (non-hydrogen) atoms. The van der Waals surface area contributed by atoms with Gasteiger partial charge in [-0.05, 0) is 12.5 Å². The second-order valence-corrected chi connectivity index (χ2v) is 5.76. The molecular formula is C20H20N2O3. The number of aromatic nitrogens is 1. The first-order chi connectivity index (χ1) is 12.2. The minimum absolute atomic E-state index is 0.108. The number of hydrogen-bond acceptors (Lipinski definition) is 4. The quantitative estimate of drug-likeness (QED) is 0.750. The van der Waals surface area contributed by atoms with Gasteiger partial charge in [-0.3, -0.25) is 4.79 Å². The van der Waals surface area contributed by atoms with E-state index in [1.54, 1.807) is 11.8 Å². The van der Waals surface area contributed by atoms with E-state index >= 15 is 0 Å². The smallest absolute Gasteiger partial charge is 0.260 e. The Morgan fingerprint density at radius 2 is 1.72 bits per heavy atom. The molecule has 0 aliphatic rings. The molecule has 3 rings (SSSR count). The Labute approximate surface area is 146 Å². The fraction of sp³-hybridized carbons (Fsp3) is 0.200.